The number of hydrogen-bond donors (Lipinski definition) is 2. The lowest BCUT2D eigenvalue weighted by Crippen LogP contribution is -2.27. The largest absolute Gasteiger partial charge is 0.507 e. The van der Waals surface area contributed by atoms with Crippen molar-refractivity contribution in [3.63, 3.8) is 0 Å². The molecule has 2 aromatic carbocycles. The first-order chi connectivity index (χ1) is 12.4. The van der Waals surface area contributed by atoms with Gasteiger partial charge >= 0.3 is 5.97 Å². The zero-order valence-electron chi connectivity index (χ0n) is 13.8. The third kappa shape index (κ3) is 3.49. The molecule has 2 aromatic rings. The van der Waals surface area contributed by atoms with Gasteiger partial charge < -0.3 is 10.2 Å². The molecule has 0 aromatic heterocycles. The quantitative estimate of drug-likeness (QED) is 0.610. The summed E-state index contributed by atoms with van der Waals surface area (Å²) in [4.78, 5) is 25.5. The molecule has 5 nitrogen and oxygen atoms in total. The smallest absolute Gasteiger partial charge is 0.339 e. The normalized spacial score (nSPS) is 15.7. The van der Waals surface area contributed by atoms with Crippen LogP contribution in [0.15, 0.2) is 47.4 Å². The standard InChI is InChI=1S/C19H15NO4S2/c1-2-11-3-5-12(6-4-11)9-16-17(22)20(19(25)26-16)13-7-8-14(18(23)24)15(21)10-13/h3-10,21H,2H2,1H3,(H,23,24)/b16-9-. The van der Waals surface area contributed by atoms with E-state index in [2.05, 4.69) is 6.92 Å². The first-order valence-corrected chi connectivity index (χ1v) is 9.06. The monoisotopic (exact) mass is 385 g/mol. The Kier molecular flexibility index (Phi) is 5.11. The van der Waals surface area contributed by atoms with Crippen LogP contribution in [-0.2, 0) is 11.2 Å². The van der Waals surface area contributed by atoms with Crippen molar-refractivity contribution in [2.24, 2.45) is 0 Å². The fourth-order valence-corrected chi connectivity index (χ4v) is 3.83. The number of rotatable bonds is 4. The van der Waals surface area contributed by atoms with Crippen molar-refractivity contribution < 1.29 is 19.8 Å². The van der Waals surface area contributed by atoms with Gasteiger partial charge in [-0.2, -0.15) is 0 Å². The average Bonchev–Trinajstić information content (AvgIpc) is 2.88. The van der Waals surface area contributed by atoms with Gasteiger partial charge in [0, 0.05) is 6.07 Å². The van der Waals surface area contributed by atoms with E-state index in [0.29, 0.717) is 14.9 Å². The lowest BCUT2D eigenvalue weighted by molar-refractivity contribution is -0.113. The molecule has 0 unspecified atom stereocenters. The van der Waals surface area contributed by atoms with E-state index in [1.165, 1.54) is 40.4 Å². The Morgan fingerprint density at radius 1 is 1.23 bits per heavy atom. The Morgan fingerprint density at radius 2 is 1.92 bits per heavy atom. The van der Waals surface area contributed by atoms with Crippen molar-refractivity contribution in [3.8, 4) is 5.75 Å². The van der Waals surface area contributed by atoms with Crippen molar-refractivity contribution in [3.05, 3.63) is 64.1 Å². The van der Waals surface area contributed by atoms with Crippen LogP contribution >= 0.6 is 24.0 Å². The summed E-state index contributed by atoms with van der Waals surface area (Å²) in [7, 11) is 0. The summed E-state index contributed by atoms with van der Waals surface area (Å²) < 4.78 is 0.328. The molecular weight excluding hydrogens is 370 g/mol. The highest BCUT2D eigenvalue weighted by atomic mass is 32.2. The molecule has 0 spiro atoms. The number of carboxylic acid groups (broad SMARTS) is 1. The van der Waals surface area contributed by atoms with Gasteiger partial charge in [-0.3, -0.25) is 9.69 Å². The highest BCUT2D eigenvalue weighted by Crippen LogP contribution is 2.37. The van der Waals surface area contributed by atoms with E-state index in [9.17, 15) is 14.7 Å². The van der Waals surface area contributed by atoms with Crippen LogP contribution < -0.4 is 4.90 Å². The number of thioether (sulfide) groups is 1. The van der Waals surface area contributed by atoms with Crippen molar-refractivity contribution in [1.29, 1.82) is 0 Å². The van der Waals surface area contributed by atoms with E-state index in [1.54, 1.807) is 6.08 Å². The van der Waals surface area contributed by atoms with Crippen LogP contribution in [0, 0.1) is 0 Å². The molecule has 1 heterocycles. The van der Waals surface area contributed by atoms with E-state index in [-0.39, 0.29) is 11.5 Å². The number of amides is 1. The highest BCUT2D eigenvalue weighted by Gasteiger charge is 2.33. The molecule has 1 amide bonds. The highest BCUT2D eigenvalue weighted by molar-refractivity contribution is 8.27. The Bertz CT molecular complexity index is 935. The minimum atomic E-state index is -1.24. The van der Waals surface area contributed by atoms with E-state index >= 15 is 0 Å². The topological polar surface area (TPSA) is 77.8 Å². The van der Waals surface area contributed by atoms with Crippen LogP contribution in [0.3, 0.4) is 0 Å². The number of aromatic carboxylic acids is 1. The SMILES string of the molecule is CCc1ccc(/C=C2\SC(=S)N(c3ccc(C(=O)O)c(O)c3)C2=O)cc1. The number of benzene rings is 2. The summed E-state index contributed by atoms with van der Waals surface area (Å²) >= 11 is 6.46. The molecule has 2 N–H and O–H groups in total. The predicted molar refractivity (Wildman–Crippen MR) is 107 cm³/mol. The number of carbonyl (C=O) groups excluding carboxylic acids is 1. The minimum absolute atomic E-state index is 0.231. The van der Waals surface area contributed by atoms with Crippen molar-refractivity contribution in [2.45, 2.75) is 13.3 Å². The maximum atomic E-state index is 12.7. The van der Waals surface area contributed by atoms with Gasteiger partial charge in [-0.15, -0.1) is 0 Å². The average molecular weight is 385 g/mol. The van der Waals surface area contributed by atoms with Crippen LogP contribution in [-0.4, -0.2) is 26.4 Å². The predicted octanol–water partition coefficient (Wildman–Crippen LogP) is 4.06. The van der Waals surface area contributed by atoms with Crippen molar-refractivity contribution >= 4 is 51.9 Å². The van der Waals surface area contributed by atoms with Gasteiger partial charge in [0.2, 0.25) is 0 Å². The Balaban J connectivity index is 1.90. The molecule has 1 aliphatic heterocycles. The second kappa shape index (κ2) is 7.31. The third-order valence-corrected chi connectivity index (χ3v) is 5.25. The fraction of sp³-hybridized carbons (Fsp3) is 0.105. The van der Waals surface area contributed by atoms with Gasteiger partial charge in [-0.1, -0.05) is 55.2 Å². The van der Waals surface area contributed by atoms with Crippen LogP contribution in [0.4, 0.5) is 5.69 Å². The maximum absolute atomic E-state index is 12.7. The molecule has 1 aliphatic rings. The summed E-state index contributed by atoms with van der Waals surface area (Å²) in [6.07, 6.45) is 2.71. The van der Waals surface area contributed by atoms with E-state index in [4.69, 9.17) is 17.3 Å². The molecule has 0 bridgehead atoms. The molecule has 1 fully saturated rings. The first-order valence-electron chi connectivity index (χ1n) is 7.84. The number of nitrogens with zero attached hydrogens (tertiary/aromatic N) is 1. The zero-order chi connectivity index (χ0) is 18.8. The van der Waals surface area contributed by atoms with Gasteiger partial charge in [0.05, 0.1) is 10.6 Å². The number of aromatic hydroxyl groups is 1. The molecule has 0 atom stereocenters. The molecule has 0 saturated carbocycles. The molecule has 3 rings (SSSR count). The molecule has 132 valence electrons. The number of carboxylic acids is 1. The summed E-state index contributed by atoms with van der Waals surface area (Å²) in [6.45, 7) is 2.07. The molecule has 7 heteroatoms. The van der Waals surface area contributed by atoms with Crippen molar-refractivity contribution in [1.82, 2.24) is 0 Å². The number of aryl methyl sites for hydroxylation is 1. The summed E-state index contributed by atoms with van der Waals surface area (Å²) in [5, 5.41) is 18.9. The van der Waals surface area contributed by atoms with Gasteiger partial charge in [0.1, 0.15) is 11.3 Å². The van der Waals surface area contributed by atoms with Gasteiger partial charge in [0.15, 0.2) is 4.32 Å². The maximum Gasteiger partial charge on any atom is 0.339 e. The van der Waals surface area contributed by atoms with Crippen LogP contribution in [0.1, 0.15) is 28.4 Å². The van der Waals surface area contributed by atoms with E-state index in [1.807, 2.05) is 24.3 Å². The molecule has 1 saturated heterocycles. The minimum Gasteiger partial charge on any atom is -0.507 e. The summed E-state index contributed by atoms with van der Waals surface area (Å²) in [5.74, 6) is -1.96. The lowest BCUT2D eigenvalue weighted by Gasteiger charge is -2.15. The second-order valence-corrected chi connectivity index (χ2v) is 7.29. The van der Waals surface area contributed by atoms with Crippen LogP contribution in [0.2, 0.25) is 0 Å². The molecule has 0 radical (unpaired) electrons. The van der Waals surface area contributed by atoms with Crippen LogP contribution in [0.5, 0.6) is 5.75 Å². The Morgan fingerprint density at radius 3 is 2.50 bits per heavy atom. The number of anilines is 1. The van der Waals surface area contributed by atoms with E-state index < -0.39 is 11.7 Å². The molecular formula is C19H15NO4S2. The summed E-state index contributed by atoms with van der Waals surface area (Å²) in [5.41, 5.74) is 2.21. The molecule has 0 aliphatic carbocycles. The number of carbonyl (C=O) groups is 2. The second-order valence-electron chi connectivity index (χ2n) is 5.62. The Labute approximate surface area is 160 Å². The van der Waals surface area contributed by atoms with Gasteiger partial charge in [-0.25, -0.2) is 4.79 Å². The lowest BCUT2D eigenvalue weighted by atomic mass is 10.1. The van der Waals surface area contributed by atoms with Crippen molar-refractivity contribution in [2.75, 3.05) is 4.90 Å². The number of thiocarbonyl (C=S) groups is 1. The number of hydrogen-bond acceptors (Lipinski definition) is 5. The van der Waals surface area contributed by atoms with Gasteiger partial charge in [0.25, 0.3) is 5.91 Å². The Hall–Kier alpha value is -2.64. The summed E-state index contributed by atoms with van der Waals surface area (Å²) in [6, 6.07) is 11.8. The first kappa shape index (κ1) is 18.2. The van der Waals surface area contributed by atoms with E-state index in [0.717, 1.165) is 12.0 Å². The molecule has 26 heavy (non-hydrogen) atoms. The third-order valence-electron chi connectivity index (χ3n) is 3.95. The fourth-order valence-electron chi connectivity index (χ4n) is 2.53. The number of phenols is 1. The van der Waals surface area contributed by atoms with Gasteiger partial charge in [-0.05, 0) is 35.8 Å². The zero-order valence-corrected chi connectivity index (χ0v) is 15.4. The van der Waals surface area contributed by atoms with Crippen LogP contribution in [0.25, 0.3) is 6.08 Å².